The Labute approximate surface area is 227 Å². The van der Waals surface area contributed by atoms with Crippen molar-refractivity contribution in [1.29, 1.82) is 0 Å². The zero-order chi connectivity index (χ0) is 28.6. The SMILES string of the molecule is COc1ccc(/C=C/C(=O)Nc2cc(NC(=O)OC(C)(C)C)c3ccccc3c2CCOC(C)=O)c(OC)n1. The summed E-state index contributed by atoms with van der Waals surface area (Å²) in [6.45, 7) is 6.77. The Morgan fingerprint density at radius 1 is 0.949 bits per heavy atom. The van der Waals surface area contributed by atoms with Gasteiger partial charge in [0.25, 0.3) is 0 Å². The molecule has 0 radical (unpaired) electrons. The summed E-state index contributed by atoms with van der Waals surface area (Å²) >= 11 is 0. The third kappa shape index (κ3) is 8.19. The second-order valence-electron chi connectivity index (χ2n) is 9.49. The van der Waals surface area contributed by atoms with Gasteiger partial charge in [-0.25, -0.2) is 4.79 Å². The van der Waals surface area contributed by atoms with Crippen LogP contribution in [-0.4, -0.2) is 49.4 Å². The summed E-state index contributed by atoms with van der Waals surface area (Å²) in [6.07, 6.45) is 2.62. The second kappa shape index (κ2) is 12.8. The number of hydrogen-bond acceptors (Lipinski definition) is 8. The number of amides is 2. The summed E-state index contributed by atoms with van der Waals surface area (Å²) in [5.41, 5.74) is 1.53. The fraction of sp³-hybridized carbons (Fsp3) is 0.310. The Morgan fingerprint density at radius 3 is 2.31 bits per heavy atom. The monoisotopic (exact) mass is 535 g/mol. The zero-order valence-electron chi connectivity index (χ0n) is 22.9. The number of carbonyl (C=O) groups is 3. The van der Waals surface area contributed by atoms with E-state index in [4.69, 9.17) is 18.9 Å². The number of nitrogens with one attached hydrogen (secondary N) is 2. The van der Waals surface area contributed by atoms with Crippen molar-refractivity contribution >= 4 is 46.2 Å². The van der Waals surface area contributed by atoms with Crippen LogP contribution in [0.15, 0.2) is 48.5 Å². The van der Waals surface area contributed by atoms with E-state index in [2.05, 4.69) is 15.6 Å². The molecule has 2 aromatic carbocycles. The maximum Gasteiger partial charge on any atom is 0.412 e. The van der Waals surface area contributed by atoms with Crippen LogP contribution in [0.5, 0.6) is 11.8 Å². The highest BCUT2D eigenvalue weighted by atomic mass is 16.6. The van der Waals surface area contributed by atoms with E-state index in [0.29, 0.717) is 35.1 Å². The molecule has 0 spiro atoms. The number of hydrogen-bond donors (Lipinski definition) is 2. The van der Waals surface area contributed by atoms with Gasteiger partial charge in [0.2, 0.25) is 17.7 Å². The summed E-state index contributed by atoms with van der Waals surface area (Å²) in [7, 11) is 2.97. The Hall–Kier alpha value is -4.60. The van der Waals surface area contributed by atoms with E-state index < -0.39 is 23.6 Å². The highest BCUT2D eigenvalue weighted by molar-refractivity contribution is 6.09. The van der Waals surface area contributed by atoms with Crippen LogP contribution in [0.25, 0.3) is 16.8 Å². The molecule has 0 unspecified atom stereocenters. The molecule has 0 fully saturated rings. The minimum absolute atomic E-state index is 0.117. The fourth-order valence-electron chi connectivity index (χ4n) is 3.81. The number of rotatable bonds is 9. The van der Waals surface area contributed by atoms with Crippen molar-refractivity contribution in [3.63, 3.8) is 0 Å². The lowest BCUT2D eigenvalue weighted by atomic mass is 9.98. The lowest BCUT2D eigenvalue weighted by Gasteiger charge is -2.21. The van der Waals surface area contributed by atoms with Gasteiger partial charge in [-0.1, -0.05) is 24.3 Å². The number of methoxy groups -OCH3 is 2. The molecule has 0 bridgehead atoms. The van der Waals surface area contributed by atoms with Crippen molar-refractivity contribution in [2.75, 3.05) is 31.5 Å². The number of carbonyl (C=O) groups excluding carboxylic acids is 3. The van der Waals surface area contributed by atoms with E-state index in [-0.39, 0.29) is 6.61 Å². The molecule has 0 saturated carbocycles. The molecule has 2 N–H and O–H groups in total. The van der Waals surface area contributed by atoms with Gasteiger partial charge in [-0.3, -0.25) is 14.9 Å². The Kier molecular flexibility index (Phi) is 9.48. The van der Waals surface area contributed by atoms with Gasteiger partial charge < -0.3 is 24.3 Å². The van der Waals surface area contributed by atoms with Crippen LogP contribution in [0.3, 0.4) is 0 Å². The minimum atomic E-state index is -0.691. The smallest absolute Gasteiger partial charge is 0.412 e. The minimum Gasteiger partial charge on any atom is -0.481 e. The van der Waals surface area contributed by atoms with Crippen LogP contribution in [0.4, 0.5) is 16.2 Å². The molecule has 0 aliphatic heterocycles. The predicted octanol–water partition coefficient (Wildman–Crippen LogP) is 5.36. The molecule has 206 valence electrons. The maximum absolute atomic E-state index is 13.0. The number of aromatic nitrogens is 1. The summed E-state index contributed by atoms with van der Waals surface area (Å²) in [6, 6.07) is 12.5. The van der Waals surface area contributed by atoms with E-state index >= 15 is 0 Å². The molecule has 2 amide bonds. The summed E-state index contributed by atoms with van der Waals surface area (Å²) < 4.78 is 21.0. The molecule has 10 heteroatoms. The van der Waals surface area contributed by atoms with Crippen LogP contribution in [0.2, 0.25) is 0 Å². The molecule has 1 heterocycles. The number of esters is 1. The van der Waals surface area contributed by atoms with Gasteiger partial charge in [-0.05, 0) is 49.9 Å². The fourth-order valence-corrected chi connectivity index (χ4v) is 3.81. The zero-order valence-corrected chi connectivity index (χ0v) is 22.9. The number of anilines is 2. The third-order valence-electron chi connectivity index (χ3n) is 5.39. The van der Waals surface area contributed by atoms with Gasteiger partial charge in [0, 0.05) is 42.1 Å². The maximum atomic E-state index is 13.0. The van der Waals surface area contributed by atoms with Crippen molar-refractivity contribution in [2.24, 2.45) is 0 Å². The van der Waals surface area contributed by atoms with Crippen molar-refractivity contribution in [2.45, 2.75) is 39.7 Å². The third-order valence-corrected chi connectivity index (χ3v) is 5.39. The van der Waals surface area contributed by atoms with E-state index in [1.165, 1.54) is 27.2 Å². The first-order valence-electron chi connectivity index (χ1n) is 12.3. The van der Waals surface area contributed by atoms with Gasteiger partial charge in [0.05, 0.1) is 26.5 Å². The molecular weight excluding hydrogens is 502 g/mol. The summed E-state index contributed by atoms with van der Waals surface area (Å²) in [5.74, 6) is -0.153. The second-order valence-corrected chi connectivity index (χ2v) is 9.49. The normalized spacial score (nSPS) is 11.2. The quantitative estimate of drug-likeness (QED) is 0.277. The number of benzene rings is 2. The van der Waals surface area contributed by atoms with Gasteiger partial charge in [-0.15, -0.1) is 0 Å². The van der Waals surface area contributed by atoms with E-state index in [1.54, 1.807) is 45.0 Å². The van der Waals surface area contributed by atoms with Crippen LogP contribution in [0, 0.1) is 0 Å². The molecule has 0 aliphatic carbocycles. The largest absolute Gasteiger partial charge is 0.481 e. The lowest BCUT2D eigenvalue weighted by Crippen LogP contribution is -2.27. The first kappa shape index (κ1) is 29.0. The first-order valence-corrected chi connectivity index (χ1v) is 12.3. The molecule has 0 aliphatic rings. The molecule has 0 saturated heterocycles. The van der Waals surface area contributed by atoms with Crippen molar-refractivity contribution in [1.82, 2.24) is 4.98 Å². The van der Waals surface area contributed by atoms with Gasteiger partial charge in [0.15, 0.2) is 0 Å². The first-order chi connectivity index (χ1) is 18.5. The average molecular weight is 536 g/mol. The van der Waals surface area contributed by atoms with Gasteiger partial charge in [0.1, 0.15) is 5.60 Å². The van der Waals surface area contributed by atoms with Crippen LogP contribution < -0.4 is 20.1 Å². The van der Waals surface area contributed by atoms with Crippen molar-refractivity contribution in [3.05, 3.63) is 59.7 Å². The van der Waals surface area contributed by atoms with Crippen LogP contribution >= 0.6 is 0 Å². The lowest BCUT2D eigenvalue weighted by molar-refractivity contribution is -0.140. The Balaban J connectivity index is 1.98. The summed E-state index contributed by atoms with van der Waals surface area (Å²) in [5, 5.41) is 7.19. The van der Waals surface area contributed by atoms with Gasteiger partial charge in [-0.2, -0.15) is 4.98 Å². The number of nitrogens with zero attached hydrogens (tertiary/aromatic N) is 1. The van der Waals surface area contributed by atoms with E-state index in [9.17, 15) is 14.4 Å². The highest BCUT2D eigenvalue weighted by Gasteiger charge is 2.19. The van der Waals surface area contributed by atoms with Crippen molar-refractivity contribution in [3.8, 4) is 11.8 Å². The van der Waals surface area contributed by atoms with E-state index in [0.717, 1.165) is 16.3 Å². The van der Waals surface area contributed by atoms with Crippen LogP contribution in [0.1, 0.15) is 38.8 Å². The molecular formula is C29H33N3O7. The summed E-state index contributed by atoms with van der Waals surface area (Å²) in [4.78, 5) is 41.2. The van der Waals surface area contributed by atoms with E-state index in [1.807, 2.05) is 24.3 Å². The molecule has 39 heavy (non-hydrogen) atoms. The number of ether oxygens (including phenoxy) is 4. The number of pyridine rings is 1. The van der Waals surface area contributed by atoms with Crippen molar-refractivity contribution < 1.29 is 33.3 Å². The molecule has 0 atom stereocenters. The Morgan fingerprint density at radius 2 is 1.67 bits per heavy atom. The van der Waals surface area contributed by atoms with Gasteiger partial charge >= 0.3 is 12.1 Å². The predicted molar refractivity (Wildman–Crippen MR) is 149 cm³/mol. The highest BCUT2D eigenvalue weighted by Crippen LogP contribution is 2.34. The topological polar surface area (TPSA) is 125 Å². The molecule has 3 aromatic rings. The average Bonchev–Trinajstić information content (AvgIpc) is 2.87. The molecule has 10 nitrogen and oxygen atoms in total. The molecule has 3 rings (SSSR count). The Bertz CT molecular complexity index is 1390. The standard InChI is InChI=1S/C29H33N3O7/c1-18(33)38-16-15-22-20-9-7-8-10-21(20)24(31-28(35)39-29(2,3)4)17-23(22)30-25(34)13-11-19-12-14-26(36-5)32-27(19)37-6/h7-14,17H,15-16H2,1-6H3,(H,30,34)(H,31,35)/b13-11+. The van der Waals surface area contributed by atoms with Crippen LogP contribution in [-0.2, 0) is 25.5 Å². The molecule has 1 aromatic heterocycles. The number of fused-ring (bicyclic) bond motifs is 1.